The maximum absolute atomic E-state index is 13.5. The molecule has 0 aliphatic rings. The summed E-state index contributed by atoms with van der Waals surface area (Å²) in [6.07, 6.45) is 0.652. The molecule has 3 aromatic rings. The fourth-order valence-electron chi connectivity index (χ4n) is 3.59. The summed E-state index contributed by atoms with van der Waals surface area (Å²) in [5.74, 6) is 1.19. The van der Waals surface area contributed by atoms with E-state index < -0.39 is 0 Å². The highest BCUT2D eigenvalue weighted by Crippen LogP contribution is 2.16. The third kappa shape index (κ3) is 7.85. The van der Waals surface area contributed by atoms with E-state index in [4.69, 9.17) is 9.15 Å². The summed E-state index contributed by atoms with van der Waals surface area (Å²) in [4.78, 5) is 30.1. The quantitative estimate of drug-likeness (QED) is 0.294. The molecule has 6 nitrogen and oxygen atoms in total. The van der Waals surface area contributed by atoms with Gasteiger partial charge in [-0.05, 0) is 62.2 Å². The van der Waals surface area contributed by atoms with Crippen molar-refractivity contribution in [3.05, 3.63) is 93.9 Å². The van der Waals surface area contributed by atoms with Crippen LogP contribution in [0.4, 0.5) is 0 Å². The first-order valence-electron chi connectivity index (χ1n) is 11.5. The number of hydrogen-bond donors (Lipinski definition) is 0. The molecule has 0 aliphatic heterocycles. The number of ether oxygens (including phenoxy) is 1. The number of hydrogen-bond acceptors (Lipinski definition) is 4. The second-order valence-electron chi connectivity index (χ2n) is 8.03. The largest absolute Gasteiger partial charge is 0.464 e. The van der Waals surface area contributed by atoms with Crippen LogP contribution in [0.15, 0.2) is 75.6 Å². The summed E-state index contributed by atoms with van der Waals surface area (Å²) in [5.41, 5.74) is 1.56. The van der Waals surface area contributed by atoms with Gasteiger partial charge < -0.3 is 19.0 Å². The Labute approximate surface area is 209 Å². The summed E-state index contributed by atoms with van der Waals surface area (Å²) >= 11 is 3.40. The van der Waals surface area contributed by atoms with E-state index in [9.17, 15) is 9.59 Å². The van der Waals surface area contributed by atoms with Gasteiger partial charge in [0.15, 0.2) is 0 Å². The number of carbonyl (C=O) groups excluding carboxylic acids is 2. The van der Waals surface area contributed by atoms with Gasteiger partial charge in [0, 0.05) is 36.3 Å². The molecule has 0 saturated heterocycles. The third-order valence-corrected chi connectivity index (χ3v) is 5.87. The molecule has 0 saturated carbocycles. The van der Waals surface area contributed by atoms with Crippen LogP contribution in [0.1, 0.15) is 40.8 Å². The Hall–Kier alpha value is -2.90. The van der Waals surface area contributed by atoms with Crippen molar-refractivity contribution < 1.29 is 18.7 Å². The Bertz CT molecular complexity index is 1050. The lowest BCUT2D eigenvalue weighted by Crippen LogP contribution is -2.43. The molecule has 0 radical (unpaired) electrons. The van der Waals surface area contributed by atoms with Crippen molar-refractivity contribution in [2.24, 2.45) is 0 Å². The Morgan fingerprint density at radius 3 is 2.32 bits per heavy atom. The van der Waals surface area contributed by atoms with Crippen LogP contribution >= 0.6 is 15.9 Å². The van der Waals surface area contributed by atoms with Crippen molar-refractivity contribution in [2.45, 2.75) is 33.4 Å². The molecule has 2 amide bonds. The molecular weight excluding hydrogens is 496 g/mol. The molecule has 3 rings (SSSR count). The lowest BCUT2D eigenvalue weighted by molar-refractivity contribution is -0.133. The number of nitrogens with zero attached hydrogens (tertiary/aromatic N) is 2. The summed E-state index contributed by atoms with van der Waals surface area (Å²) in [5, 5.41) is 0. The molecule has 0 bridgehead atoms. The summed E-state index contributed by atoms with van der Waals surface area (Å²) in [6, 6.07) is 20.8. The van der Waals surface area contributed by atoms with Crippen molar-refractivity contribution in [3.63, 3.8) is 0 Å². The SMILES string of the molecule is CCOCCCN(CC(=O)N(Cc1ccccc1)Cc1ccc(C)o1)C(=O)c1ccc(Br)cc1. The monoisotopic (exact) mass is 526 g/mol. The zero-order chi connectivity index (χ0) is 24.3. The van der Waals surface area contributed by atoms with E-state index in [0.29, 0.717) is 50.6 Å². The molecule has 34 heavy (non-hydrogen) atoms. The van der Waals surface area contributed by atoms with E-state index in [-0.39, 0.29) is 18.4 Å². The van der Waals surface area contributed by atoms with Crippen LogP contribution in [-0.4, -0.2) is 47.9 Å². The Morgan fingerprint density at radius 2 is 1.68 bits per heavy atom. The number of furan rings is 1. The van der Waals surface area contributed by atoms with Crippen LogP contribution in [0.2, 0.25) is 0 Å². The predicted octanol–water partition coefficient (Wildman–Crippen LogP) is 5.45. The number of rotatable bonds is 12. The normalized spacial score (nSPS) is 10.8. The molecular formula is C27H31BrN2O4. The van der Waals surface area contributed by atoms with Gasteiger partial charge in [0.1, 0.15) is 18.1 Å². The van der Waals surface area contributed by atoms with Gasteiger partial charge in [-0.15, -0.1) is 0 Å². The predicted molar refractivity (Wildman–Crippen MR) is 135 cm³/mol. The average molecular weight is 527 g/mol. The van der Waals surface area contributed by atoms with Crippen molar-refractivity contribution in [1.82, 2.24) is 9.80 Å². The van der Waals surface area contributed by atoms with Crippen molar-refractivity contribution in [1.29, 1.82) is 0 Å². The highest BCUT2D eigenvalue weighted by atomic mass is 79.9. The zero-order valence-electron chi connectivity index (χ0n) is 19.7. The molecule has 0 spiro atoms. The smallest absolute Gasteiger partial charge is 0.254 e. The van der Waals surface area contributed by atoms with Gasteiger partial charge >= 0.3 is 0 Å². The highest BCUT2D eigenvalue weighted by molar-refractivity contribution is 9.10. The molecule has 0 atom stereocenters. The minimum atomic E-state index is -0.175. The fraction of sp³-hybridized carbons (Fsp3) is 0.333. The molecule has 0 fully saturated rings. The number of carbonyl (C=O) groups is 2. The minimum absolute atomic E-state index is 0.0203. The van der Waals surface area contributed by atoms with Crippen LogP contribution < -0.4 is 0 Å². The van der Waals surface area contributed by atoms with Crippen molar-refractivity contribution in [3.8, 4) is 0 Å². The molecule has 180 valence electrons. The van der Waals surface area contributed by atoms with E-state index in [2.05, 4.69) is 15.9 Å². The van der Waals surface area contributed by atoms with Gasteiger partial charge in [-0.1, -0.05) is 46.3 Å². The van der Waals surface area contributed by atoms with Gasteiger partial charge in [0.25, 0.3) is 5.91 Å². The minimum Gasteiger partial charge on any atom is -0.464 e. The van der Waals surface area contributed by atoms with E-state index in [1.165, 1.54) is 0 Å². The first-order chi connectivity index (χ1) is 16.5. The van der Waals surface area contributed by atoms with Crippen LogP contribution in [0.5, 0.6) is 0 Å². The Kier molecular flexibility index (Phi) is 9.91. The summed E-state index contributed by atoms with van der Waals surface area (Å²) in [6.45, 7) is 6.14. The lowest BCUT2D eigenvalue weighted by Gasteiger charge is -2.27. The molecule has 0 N–H and O–H groups in total. The van der Waals surface area contributed by atoms with E-state index in [0.717, 1.165) is 15.8 Å². The van der Waals surface area contributed by atoms with Gasteiger partial charge in [-0.2, -0.15) is 0 Å². The Morgan fingerprint density at radius 1 is 0.941 bits per heavy atom. The number of amides is 2. The second-order valence-corrected chi connectivity index (χ2v) is 8.95. The fourth-order valence-corrected chi connectivity index (χ4v) is 3.85. The highest BCUT2D eigenvalue weighted by Gasteiger charge is 2.23. The van der Waals surface area contributed by atoms with Gasteiger partial charge in [-0.3, -0.25) is 9.59 Å². The molecule has 0 aliphatic carbocycles. The first-order valence-corrected chi connectivity index (χ1v) is 12.2. The molecule has 7 heteroatoms. The van der Waals surface area contributed by atoms with E-state index in [1.54, 1.807) is 21.9 Å². The number of halogens is 1. The van der Waals surface area contributed by atoms with E-state index >= 15 is 0 Å². The van der Waals surface area contributed by atoms with Crippen LogP contribution in [0, 0.1) is 6.92 Å². The maximum Gasteiger partial charge on any atom is 0.254 e. The van der Waals surface area contributed by atoms with Crippen LogP contribution in [0.25, 0.3) is 0 Å². The summed E-state index contributed by atoms with van der Waals surface area (Å²) in [7, 11) is 0. The van der Waals surface area contributed by atoms with E-state index in [1.807, 2.05) is 68.4 Å². The Balaban J connectivity index is 1.78. The van der Waals surface area contributed by atoms with Crippen LogP contribution in [-0.2, 0) is 22.6 Å². The standard InChI is InChI=1S/C27H31BrN2O4/c1-3-33-17-7-16-29(27(32)23-11-13-24(28)14-12-23)20-26(31)30(18-22-8-5-4-6-9-22)19-25-15-10-21(2)34-25/h4-6,8-15H,3,7,16-20H2,1-2H3. The third-order valence-electron chi connectivity index (χ3n) is 5.34. The van der Waals surface area contributed by atoms with Gasteiger partial charge in [0.2, 0.25) is 5.91 Å². The topological polar surface area (TPSA) is 63.0 Å². The van der Waals surface area contributed by atoms with Crippen LogP contribution in [0.3, 0.4) is 0 Å². The number of aryl methyl sites for hydroxylation is 1. The molecule has 1 heterocycles. The molecule has 1 aromatic heterocycles. The van der Waals surface area contributed by atoms with Crippen molar-refractivity contribution >= 4 is 27.7 Å². The molecule has 2 aromatic carbocycles. The molecule has 0 unspecified atom stereocenters. The van der Waals surface area contributed by atoms with Gasteiger partial charge in [0.05, 0.1) is 6.54 Å². The van der Waals surface area contributed by atoms with Gasteiger partial charge in [-0.25, -0.2) is 0 Å². The second kappa shape index (κ2) is 13.1. The number of benzene rings is 2. The lowest BCUT2D eigenvalue weighted by atomic mass is 10.2. The van der Waals surface area contributed by atoms with Crippen molar-refractivity contribution in [2.75, 3.05) is 26.3 Å². The zero-order valence-corrected chi connectivity index (χ0v) is 21.3. The maximum atomic E-state index is 13.5. The summed E-state index contributed by atoms with van der Waals surface area (Å²) < 4.78 is 12.1. The average Bonchev–Trinajstić information content (AvgIpc) is 3.25. The first kappa shape index (κ1) is 25.7.